The van der Waals surface area contributed by atoms with Crippen molar-refractivity contribution in [2.24, 2.45) is 5.92 Å². The number of esters is 1. The summed E-state index contributed by atoms with van der Waals surface area (Å²) in [6, 6.07) is 2.82. The first-order valence-corrected chi connectivity index (χ1v) is 9.33. The van der Waals surface area contributed by atoms with Crippen molar-refractivity contribution < 1.29 is 32.3 Å². The standard InChI is InChI=1S/C17H21F3N2O4S/c1-10-5-6-13(27-10)16(25)21-8-15(24)26-9-14(23)22-12-4-2-3-11(7-12)17(18,19)20/h5-6,11-12H,2-4,7-9H2,1H3,(H,21,25)(H,22,23)/t11-,12+/m1/s1. The molecule has 0 radical (unpaired) electrons. The second kappa shape index (κ2) is 9.20. The van der Waals surface area contributed by atoms with Gasteiger partial charge in [0.05, 0.1) is 10.8 Å². The first kappa shape index (κ1) is 21.2. The zero-order valence-electron chi connectivity index (χ0n) is 14.7. The molecule has 2 rings (SSSR count). The van der Waals surface area contributed by atoms with Gasteiger partial charge in [0.1, 0.15) is 6.54 Å². The van der Waals surface area contributed by atoms with Crippen LogP contribution in [0.5, 0.6) is 0 Å². The summed E-state index contributed by atoms with van der Waals surface area (Å²) in [5.74, 6) is -3.30. The number of nitrogens with one attached hydrogen (secondary N) is 2. The molecule has 6 nitrogen and oxygen atoms in total. The Bertz CT molecular complexity index is 690. The van der Waals surface area contributed by atoms with Crippen LogP contribution in [0.4, 0.5) is 13.2 Å². The molecule has 1 fully saturated rings. The lowest BCUT2D eigenvalue weighted by molar-refractivity contribution is -0.184. The minimum Gasteiger partial charge on any atom is -0.454 e. The summed E-state index contributed by atoms with van der Waals surface area (Å²) >= 11 is 1.28. The van der Waals surface area contributed by atoms with Crippen molar-refractivity contribution in [3.05, 3.63) is 21.9 Å². The van der Waals surface area contributed by atoms with Crippen molar-refractivity contribution in [3.8, 4) is 0 Å². The van der Waals surface area contributed by atoms with E-state index >= 15 is 0 Å². The molecule has 1 aromatic heterocycles. The van der Waals surface area contributed by atoms with Gasteiger partial charge in [0.25, 0.3) is 11.8 Å². The topological polar surface area (TPSA) is 84.5 Å². The number of rotatable bonds is 6. The van der Waals surface area contributed by atoms with E-state index in [0.29, 0.717) is 17.7 Å². The number of hydrogen-bond acceptors (Lipinski definition) is 5. The van der Waals surface area contributed by atoms with Crippen molar-refractivity contribution in [3.63, 3.8) is 0 Å². The number of hydrogen-bond donors (Lipinski definition) is 2. The summed E-state index contributed by atoms with van der Waals surface area (Å²) in [5, 5.41) is 4.85. The molecule has 0 saturated heterocycles. The first-order chi connectivity index (χ1) is 12.6. The highest BCUT2D eigenvalue weighted by molar-refractivity contribution is 7.13. The van der Waals surface area contributed by atoms with Gasteiger partial charge >= 0.3 is 12.1 Å². The van der Waals surface area contributed by atoms with Gasteiger partial charge in [0, 0.05) is 10.9 Å². The van der Waals surface area contributed by atoms with E-state index in [1.807, 2.05) is 6.92 Å². The normalized spacial score (nSPS) is 20.0. The number of carbonyl (C=O) groups excluding carboxylic acids is 3. The second-order valence-electron chi connectivity index (χ2n) is 6.42. The SMILES string of the molecule is Cc1ccc(C(=O)NCC(=O)OCC(=O)N[C@H]2CCC[C@@H](C(F)(F)F)C2)s1. The van der Waals surface area contributed by atoms with E-state index < -0.39 is 49.1 Å². The molecule has 1 aromatic rings. The number of halogens is 3. The quantitative estimate of drug-likeness (QED) is 0.712. The molecule has 1 heterocycles. The van der Waals surface area contributed by atoms with Crippen LogP contribution in [0.25, 0.3) is 0 Å². The zero-order chi connectivity index (χ0) is 20.0. The van der Waals surface area contributed by atoms with Crippen LogP contribution in [0.3, 0.4) is 0 Å². The molecule has 0 aliphatic heterocycles. The molecule has 1 saturated carbocycles. The van der Waals surface area contributed by atoms with Crippen LogP contribution >= 0.6 is 11.3 Å². The lowest BCUT2D eigenvalue weighted by atomic mass is 9.85. The molecular formula is C17H21F3N2O4S. The molecular weight excluding hydrogens is 385 g/mol. The molecule has 2 amide bonds. The van der Waals surface area contributed by atoms with Crippen LogP contribution in [0.15, 0.2) is 12.1 Å². The highest BCUT2D eigenvalue weighted by Crippen LogP contribution is 2.37. The van der Waals surface area contributed by atoms with E-state index in [1.54, 1.807) is 12.1 Å². The molecule has 0 aromatic carbocycles. The molecule has 2 N–H and O–H groups in total. The third kappa shape index (κ3) is 6.85. The third-order valence-corrected chi connectivity index (χ3v) is 5.22. The van der Waals surface area contributed by atoms with Gasteiger partial charge in [-0.3, -0.25) is 14.4 Å². The summed E-state index contributed by atoms with van der Waals surface area (Å²) in [7, 11) is 0. The number of amides is 2. The van der Waals surface area contributed by atoms with Gasteiger partial charge in [0.15, 0.2) is 6.61 Å². The lowest BCUT2D eigenvalue weighted by Gasteiger charge is -2.30. The number of thiophene rings is 1. The van der Waals surface area contributed by atoms with Crippen LogP contribution in [-0.2, 0) is 14.3 Å². The predicted octanol–water partition coefficient (Wildman–Crippen LogP) is 2.57. The summed E-state index contributed by atoms with van der Waals surface area (Å²) in [6.07, 6.45) is -3.53. The molecule has 0 spiro atoms. The largest absolute Gasteiger partial charge is 0.454 e. The summed E-state index contributed by atoms with van der Waals surface area (Å²) in [6.45, 7) is 0.847. The Hall–Kier alpha value is -2.10. The van der Waals surface area contributed by atoms with Crippen LogP contribution in [0.1, 0.15) is 40.2 Å². The van der Waals surface area contributed by atoms with Crippen molar-refractivity contribution in [2.45, 2.75) is 44.8 Å². The highest BCUT2D eigenvalue weighted by atomic mass is 32.1. The smallest absolute Gasteiger partial charge is 0.391 e. The van der Waals surface area contributed by atoms with Gasteiger partial charge < -0.3 is 15.4 Å². The Morgan fingerprint density at radius 2 is 2.00 bits per heavy atom. The molecule has 0 bridgehead atoms. The molecule has 2 atom stereocenters. The highest BCUT2D eigenvalue weighted by Gasteiger charge is 2.42. The Labute approximate surface area is 158 Å². The molecule has 0 unspecified atom stereocenters. The second-order valence-corrected chi connectivity index (χ2v) is 7.71. The fraction of sp³-hybridized carbons (Fsp3) is 0.588. The van der Waals surface area contributed by atoms with Gasteiger partial charge in [-0.25, -0.2) is 0 Å². The minimum atomic E-state index is -4.27. The van der Waals surface area contributed by atoms with E-state index in [9.17, 15) is 27.6 Å². The molecule has 27 heavy (non-hydrogen) atoms. The average Bonchev–Trinajstić information content (AvgIpc) is 3.04. The van der Waals surface area contributed by atoms with E-state index in [1.165, 1.54) is 11.3 Å². The predicted molar refractivity (Wildman–Crippen MR) is 92.3 cm³/mol. The van der Waals surface area contributed by atoms with Gasteiger partial charge in [-0.15, -0.1) is 11.3 Å². The maximum Gasteiger partial charge on any atom is 0.391 e. The van der Waals surface area contributed by atoms with E-state index in [4.69, 9.17) is 4.74 Å². The average molecular weight is 406 g/mol. The van der Waals surface area contributed by atoms with Crippen LogP contribution < -0.4 is 10.6 Å². The fourth-order valence-corrected chi connectivity index (χ4v) is 3.66. The Morgan fingerprint density at radius 1 is 1.26 bits per heavy atom. The monoisotopic (exact) mass is 406 g/mol. The maximum absolute atomic E-state index is 12.8. The summed E-state index contributed by atoms with van der Waals surface area (Å²) in [5.41, 5.74) is 0. The third-order valence-electron chi connectivity index (χ3n) is 4.22. The number of ether oxygens (including phenoxy) is 1. The first-order valence-electron chi connectivity index (χ1n) is 8.51. The van der Waals surface area contributed by atoms with Crippen molar-refractivity contribution in [1.82, 2.24) is 10.6 Å². The number of alkyl halides is 3. The minimum absolute atomic E-state index is 0.0638. The van der Waals surface area contributed by atoms with Crippen molar-refractivity contribution >= 4 is 29.1 Å². The Kier molecular flexibility index (Phi) is 7.23. The number of aryl methyl sites for hydroxylation is 1. The van der Waals surface area contributed by atoms with Crippen LogP contribution in [-0.4, -0.2) is 43.2 Å². The fourth-order valence-electron chi connectivity index (χ4n) is 2.88. The number of carbonyl (C=O) groups is 3. The maximum atomic E-state index is 12.8. The lowest BCUT2D eigenvalue weighted by Crippen LogP contribution is -2.43. The molecule has 1 aliphatic rings. The van der Waals surface area contributed by atoms with Crippen LogP contribution in [0, 0.1) is 12.8 Å². The Morgan fingerprint density at radius 3 is 2.63 bits per heavy atom. The molecule has 10 heteroatoms. The summed E-state index contributed by atoms with van der Waals surface area (Å²) in [4.78, 5) is 36.6. The molecule has 1 aliphatic carbocycles. The van der Waals surface area contributed by atoms with Gasteiger partial charge in [-0.2, -0.15) is 13.2 Å². The molecule has 150 valence electrons. The van der Waals surface area contributed by atoms with Gasteiger partial charge in [0.2, 0.25) is 0 Å². The van der Waals surface area contributed by atoms with E-state index in [0.717, 1.165) is 4.88 Å². The van der Waals surface area contributed by atoms with Gasteiger partial charge in [-0.1, -0.05) is 6.42 Å². The summed E-state index contributed by atoms with van der Waals surface area (Å²) < 4.78 is 43.0. The van der Waals surface area contributed by atoms with Crippen molar-refractivity contribution in [1.29, 1.82) is 0 Å². The Balaban J connectivity index is 1.67. The zero-order valence-corrected chi connectivity index (χ0v) is 15.5. The van der Waals surface area contributed by atoms with E-state index in [-0.39, 0.29) is 12.8 Å². The van der Waals surface area contributed by atoms with Crippen LogP contribution in [0.2, 0.25) is 0 Å². The van der Waals surface area contributed by atoms with Gasteiger partial charge in [-0.05, 0) is 38.3 Å². The van der Waals surface area contributed by atoms with E-state index in [2.05, 4.69) is 10.6 Å². The van der Waals surface area contributed by atoms with Crippen molar-refractivity contribution in [2.75, 3.05) is 13.2 Å².